The molecule has 1 N–H and O–H groups in total. The summed E-state index contributed by atoms with van der Waals surface area (Å²) in [7, 11) is 1.75. The fourth-order valence-electron chi connectivity index (χ4n) is 2.48. The Kier molecular flexibility index (Phi) is 5.25. The van der Waals surface area contributed by atoms with Gasteiger partial charge in [0.05, 0.1) is 5.69 Å². The summed E-state index contributed by atoms with van der Waals surface area (Å²) in [4.78, 5) is 4.62. The third kappa shape index (κ3) is 4.53. The molecule has 4 heteroatoms. The van der Waals surface area contributed by atoms with E-state index in [9.17, 15) is 0 Å². The first kappa shape index (κ1) is 14.4. The molecule has 108 valence electrons. The number of anilines is 1. The molecule has 4 nitrogen and oxygen atoms in total. The molecule has 1 aliphatic carbocycles. The highest BCUT2D eigenvalue weighted by atomic mass is 16.5. The number of hydrogen-bond acceptors (Lipinski definition) is 3. The molecule has 0 bridgehead atoms. The number of aryl methyl sites for hydroxylation is 2. The lowest BCUT2D eigenvalue weighted by atomic mass is 10.1. The number of nitrogens with one attached hydrogen (secondary N) is 1. The van der Waals surface area contributed by atoms with Gasteiger partial charge in [0.15, 0.2) is 0 Å². The number of rotatable bonds is 9. The molecule has 1 heterocycles. The molecule has 19 heavy (non-hydrogen) atoms. The summed E-state index contributed by atoms with van der Waals surface area (Å²) in [6.45, 7) is 6.08. The summed E-state index contributed by atoms with van der Waals surface area (Å²) < 4.78 is 7.35. The number of nitrogens with zero attached hydrogens (tertiary/aromatic N) is 2. The highest BCUT2D eigenvalue weighted by molar-refractivity contribution is 5.30. The van der Waals surface area contributed by atoms with E-state index >= 15 is 0 Å². The van der Waals surface area contributed by atoms with E-state index in [4.69, 9.17) is 4.74 Å². The van der Waals surface area contributed by atoms with Crippen LogP contribution in [-0.4, -0.2) is 29.3 Å². The van der Waals surface area contributed by atoms with Crippen LogP contribution in [0.4, 0.5) is 5.95 Å². The number of methoxy groups -OCH3 is 1. The van der Waals surface area contributed by atoms with Gasteiger partial charge in [0.1, 0.15) is 0 Å². The Morgan fingerprint density at radius 3 is 2.95 bits per heavy atom. The van der Waals surface area contributed by atoms with Crippen LogP contribution in [0.2, 0.25) is 0 Å². The maximum atomic E-state index is 5.12. The standard InChI is InChI=1S/C15H27N3O/c1-4-14(10-13-6-7-13)17-15-16-12(2)11-18(15)8-5-9-19-3/h11,13-14H,4-10H2,1-3H3,(H,16,17). The van der Waals surface area contributed by atoms with Crippen molar-refractivity contribution >= 4 is 5.95 Å². The third-order valence-electron chi connectivity index (χ3n) is 3.79. The maximum Gasteiger partial charge on any atom is 0.203 e. The fraction of sp³-hybridized carbons (Fsp3) is 0.800. The molecule has 0 saturated heterocycles. The Morgan fingerprint density at radius 1 is 1.53 bits per heavy atom. The maximum absolute atomic E-state index is 5.12. The lowest BCUT2D eigenvalue weighted by Crippen LogP contribution is -2.22. The van der Waals surface area contributed by atoms with Crippen molar-refractivity contribution in [2.75, 3.05) is 19.0 Å². The van der Waals surface area contributed by atoms with Crippen molar-refractivity contribution in [1.82, 2.24) is 9.55 Å². The lowest BCUT2D eigenvalue weighted by molar-refractivity contribution is 0.190. The van der Waals surface area contributed by atoms with Crippen LogP contribution in [0.15, 0.2) is 6.20 Å². The second kappa shape index (κ2) is 6.94. The SMILES string of the molecule is CCC(CC1CC1)Nc1nc(C)cn1CCCOC. The van der Waals surface area contributed by atoms with Gasteiger partial charge in [0.25, 0.3) is 0 Å². The molecule has 1 aromatic heterocycles. The zero-order valence-corrected chi connectivity index (χ0v) is 12.5. The average molecular weight is 265 g/mol. The van der Waals surface area contributed by atoms with E-state index < -0.39 is 0 Å². The van der Waals surface area contributed by atoms with Crippen LogP contribution in [0.5, 0.6) is 0 Å². The van der Waals surface area contributed by atoms with Crippen molar-refractivity contribution in [2.45, 2.75) is 58.5 Å². The second-order valence-corrected chi connectivity index (χ2v) is 5.67. The van der Waals surface area contributed by atoms with Crippen molar-refractivity contribution in [3.8, 4) is 0 Å². The highest BCUT2D eigenvalue weighted by Crippen LogP contribution is 2.34. The Labute approximate surface area is 116 Å². The largest absolute Gasteiger partial charge is 0.385 e. The van der Waals surface area contributed by atoms with E-state index in [0.717, 1.165) is 37.1 Å². The van der Waals surface area contributed by atoms with Crippen LogP contribution >= 0.6 is 0 Å². The minimum absolute atomic E-state index is 0.565. The van der Waals surface area contributed by atoms with Gasteiger partial charge in [0, 0.05) is 32.5 Å². The first-order valence-corrected chi connectivity index (χ1v) is 7.52. The molecular weight excluding hydrogens is 238 g/mol. The van der Waals surface area contributed by atoms with E-state index in [0.29, 0.717) is 6.04 Å². The van der Waals surface area contributed by atoms with Gasteiger partial charge in [-0.1, -0.05) is 19.8 Å². The summed E-state index contributed by atoms with van der Waals surface area (Å²) >= 11 is 0. The predicted octanol–water partition coefficient (Wildman–Crippen LogP) is 3.22. The van der Waals surface area contributed by atoms with Crippen LogP contribution in [0.25, 0.3) is 0 Å². The zero-order valence-electron chi connectivity index (χ0n) is 12.5. The van der Waals surface area contributed by atoms with Crippen LogP contribution in [0.1, 0.15) is 44.7 Å². The minimum Gasteiger partial charge on any atom is -0.385 e. The predicted molar refractivity (Wildman–Crippen MR) is 78.5 cm³/mol. The molecule has 1 unspecified atom stereocenters. The molecule has 1 fully saturated rings. The second-order valence-electron chi connectivity index (χ2n) is 5.67. The van der Waals surface area contributed by atoms with Gasteiger partial charge in [-0.3, -0.25) is 0 Å². The summed E-state index contributed by atoms with van der Waals surface area (Å²) in [6, 6.07) is 0.565. The van der Waals surface area contributed by atoms with Crippen molar-refractivity contribution in [2.24, 2.45) is 5.92 Å². The molecule has 0 spiro atoms. The van der Waals surface area contributed by atoms with E-state index in [1.165, 1.54) is 25.7 Å². The molecule has 0 aromatic carbocycles. The first-order valence-electron chi connectivity index (χ1n) is 7.52. The van der Waals surface area contributed by atoms with Gasteiger partial charge in [0.2, 0.25) is 5.95 Å². The van der Waals surface area contributed by atoms with Crippen molar-refractivity contribution in [3.05, 3.63) is 11.9 Å². The smallest absolute Gasteiger partial charge is 0.203 e. The van der Waals surface area contributed by atoms with Crippen LogP contribution in [-0.2, 0) is 11.3 Å². The van der Waals surface area contributed by atoms with Gasteiger partial charge >= 0.3 is 0 Å². The van der Waals surface area contributed by atoms with Gasteiger partial charge in [-0.05, 0) is 32.1 Å². The van der Waals surface area contributed by atoms with E-state index in [1.54, 1.807) is 7.11 Å². The number of hydrogen-bond donors (Lipinski definition) is 1. The molecule has 1 aliphatic rings. The van der Waals surface area contributed by atoms with E-state index in [2.05, 4.69) is 34.9 Å². The van der Waals surface area contributed by atoms with Crippen molar-refractivity contribution in [3.63, 3.8) is 0 Å². The number of imidazole rings is 1. The fourth-order valence-corrected chi connectivity index (χ4v) is 2.48. The van der Waals surface area contributed by atoms with Gasteiger partial charge in [-0.2, -0.15) is 0 Å². The monoisotopic (exact) mass is 265 g/mol. The van der Waals surface area contributed by atoms with E-state index in [-0.39, 0.29) is 0 Å². The molecule has 0 aliphatic heterocycles. The summed E-state index contributed by atoms with van der Waals surface area (Å²) in [5.74, 6) is 1.98. The van der Waals surface area contributed by atoms with Crippen LogP contribution in [0.3, 0.4) is 0 Å². The number of ether oxygens (including phenoxy) is 1. The van der Waals surface area contributed by atoms with Crippen molar-refractivity contribution < 1.29 is 4.74 Å². The zero-order chi connectivity index (χ0) is 13.7. The average Bonchev–Trinajstić information content (AvgIpc) is 3.13. The highest BCUT2D eigenvalue weighted by Gasteiger charge is 2.25. The summed E-state index contributed by atoms with van der Waals surface area (Å²) in [5.41, 5.74) is 1.08. The normalized spacial score (nSPS) is 16.6. The third-order valence-corrected chi connectivity index (χ3v) is 3.79. The Morgan fingerprint density at radius 2 is 2.32 bits per heavy atom. The minimum atomic E-state index is 0.565. The van der Waals surface area contributed by atoms with Gasteiger partial charge in [-0.25, -0.2) is 4.98 Å². The Hall–Kier alpha value is -1.03. The molecule has 1 atom stereocenters. The van der Waals surface area contributed by atoms with Crippen LogP contribution in [0, 0.1) is 12.8 Å². The first-order chi connectivity index (χ1) is 9.22. The molecule has 1 saturated carbocycles. The summed E-state index contributed by atoms with van der Waals surface area (Å²) in [6.07, 6.45) is 8.45. The molecule has 1 aromatic rings. The summed E-state index contributed by atoms with van der Waals surface area (Å²) in [5, 5.41) is 3.63. The molecule has 0 radical (unpaired) electrons. The Balaban J connectivity index is 1.92. The quantitative estimate of drug-likeness (QED) is 0.697. The molecule has 2 rings (SSSR count). The molecule has 0 amide bonds. The van der Waals surface area contributed by atoms with Gasteiger partial charge in [-0.15, -0.1) is 0 Å². The van der Waals surface area contributed by atoms with Gasteiger partial charge < -0.3 is 14.6 Å². The Bertz CT molecular complexity index is 385. The topological polar surface area (TPSA) is 39.1 Å². The van der Waals surface area contributed by atoms with E-state index in [1.807, 2.05) is 0 Å². The molecular formula is C15H27N3O. The number of aromatic nitrogens is 2. The van der Waals surface area contributed by atoms with Crippen molar-refractivity contribution in [1.29, 1.82) is 0 Å². The van der Waals surface area contributed by atoms with Crippen LogP contribution < -0.4 is 5.32 Å². The lowest BCUT2D eigenvalue weighted by Gasteiger charge is -2.18.